The molecule has 2 aromatic carbocycles. The molecule has 0 amide bonds. The molecule has 0 spiro atoms. The molecular weight excluding hydrogens is 569 g/mol. The minimum absolute atomic E-state index is 0.115. The maximum atomic E-state index is 11.1. The topological polar surface area (TPSA) is 40.5 Å². The summed E-state index contributed by atoms with van der Waals surface area (Å²) >= 11 is -1.75. The van der Waals surface area contributed by atoms with Crippen molar-refractivity contribution in [3.05, 3.63) is 46.5 Å². The number of phenols is 2. The van der Waals surface area contributed by atoms with Gasteiger partial charge in [-0.1, -0.05) is 0 Å². The molecule has 2 aromatic rings. The fraction of sp³-hybridized carbons (Fsp3) is 0.571. The van der Waals surface area contributed by atoms with Gasteiger partial charge in [-0.3, -0.25) is 0 Å². The molecule has 0 radical (unpaired) electrons. The van der Waals surface area contributed by atoms with Crippen LogP contribution in [0.15, 0.2) is 24.3 Å². The molecule has 0 unspecified atom stereocenters. The Morgan fingerprint density at radius 1 is 0.452 bits per heavy atom. The van der Waals surface area contributed by atoms with Gasteiger partial charge in [-0.2, -0.15) is 0 Å². The summed E-state index contributed by atoms with van der Waals surface area (Å²) in [7, 11) is 0. The zero-order valence-electron chi connectivity index (χ0n) is 21.9. The first-order chi connectivity index (χ1) is 13.7. The fourth-order valence-electron chi connectivity index (χ4n) is 4.12. The predicted octanol–water partition coefficient (Wildman–Crippen LogP) is 6.32. The molecule has 0 bridgehead atoms. The van der Waals surface area contributed by atoms with Crippen molar-refractivity contribution in [3.63, 3.8) is 0 Å². The second-order valence-electron chi connectivity index (χ2n) is 13.3. The van der Waals surface area contributed by atoms with Crippen molar-refractivity contribution in [1.29, 1.82) is 0 Å². The second-order valence-corrected chi connectivity index (χ2v) is 21.0. The van der Waals surface area contributed by atoms with Crippen LogP contribution < -0.4 is 6.14 Å². The van der Waals surface area contributed by atoms with Crippen LogP contribution in [0.4, 0.5) is 0 Å². The summed E-state index contributed by atoms with van der Waals surface area (Å²) in [6.45, 7) is 26.1. The summed E-state index contributed by atoms with van der Waals surface area (Å²) in [5, 5.41) is 22.2. The maximum absolute atomic E-state index is 11.1. The summed E-state index contributed by atoms with van der Waals surface area (Å²) < 4.78 is 2.83. The van der Waals surface area contributed by atoms with E-state index in [1.807, 2.05) is 0 Å². The van der Waals surface area contributed by atoms with E-state index in [9.17, 15) is 10.2 Å². The van der Waals surface area contributed by atoms with Crippen LogP contribution in [0.2, 0.25) is 0 Å². The molecule has 0 fully saturated rings. The van der Waals surface area contributed by atoms with Crippen molar-refractivity contribution in [3.8, 4) is 11.5 Å². The van der Waals surface area contributed by atoms with E-state index in [1.165, 1.54) is 6.14 Å². The number of hydrogen-bond acceptors (Lipinski definition) is 2. The standard InChI is InChI=1S/2C14H21O.Hg/c2*1-13(2,3)10-8-7-9-11(12(10)15)14(4,5)6;/h2*8-9,15H,1-6H3;. The van der Waals surface area contributed by atoms with Crippen molar-refractivity contribution in [1.82, 2.24) is 0 Å². The Hall–Kier alpha value is -1.02. The van der Waals surface area contributed by atoms with Crippen LogP contribution in [-0.4, -0.2) is 10.2 Å². The van der Waals surface area contributed by atoms with E-state index in [0.717, 1.165) is 22.3 Å². The van der Waals surface area contributed by atoms with Gasteiger partial charge in [-0.05, 0) is 0 Å². The van der Waals surface area contributed by atoms with Crippen molar-refractivity contribution in [2.75, 3.05) is 0 Å². The number of phenolic OH excluding ortho intramolecular Hbond substituents is 2. The van der Waals surface area contributed by atoms with Gasteiger partial charge in [0.25, 0.3) is 0 Å². The summed E-state index contributed by atoms with van der Waals surface area (Å²) in [6, 6.07) is 9.03. The van der Waals surface area contributed by atoms with Gasteiger partial charge in [0, 0.05) is 0 Å². The van der Waals surface area contributed by atoms with E-state index in [-0.39, 0.29) is 21.7 Å². The first-order valence-corrected chi connectivity index (χ1v) is 17.0. The summed E-state index contributed by atoms with van der Waals surface area (Å²) in [5.41, 5.74) is 3.71. The Morgan fingerprint density at radius 2 is 0.645 bits per heavy atom. The fourth-order valence-corrected chi connectivity index (χ4v) is 10.7. The van der Waals surface area contributed by atoms with Crippen LogP contribution in [0.3, 0.4) is 0 Å². The molecule has 0 saturated heterocycles. The molecule has 2 nitrogen and oxygen atoms in total. The second kappa shape index (κ2) is 8.39. The molecular formula is C28H42HgO2. The van der Waals surface area contributed by atoms with Crippen LogP contribution in [0.25, 0.3) is 0 Å². The SMILES string of the molecule is CC(C)(C)c1c[c]([Hg][c]2cc(C(C)(C)C)c(O)c(C(C)(C)C)c2)cc(C(C)(C)C)c1O. The van der Waals surface area contributed by atoms with Crippen molar-refractivity contribution in [2.24, 2.45) is 0 Å². The zero-order chi connectivity index (χ0) is 24.2. The summed E-state index contributed by atoms with van der Waals surface area (Å²) in [5.74, 6) is 0.905. The minimum atomic E-state index is -1.75. The van der Waals surface area contributed by atoms with Crippen molar-refractivity contribution in [2.45, 2.75) is 105 Å². The number of hydrogen-bond donors (Lipinski definition) is 2. The van der Waals surface area contributed by atoms with Gasteiger partial charge in [-0.15, -0.1) is 0 Å². The molecule has 0 atom stereocenters. The van der Waals surface area contributed by atoms with Crippen molar-refractivity contribution < 1.29 is 34.8 Å². The molecule has 0 aliphatic heterocycles. The average Bonchev–Trinajstić information content (AvgIpc) is 2.53. The Balaban J connectivity index is 2.73. The molecule has 0 aliphatic rings. The first kappa shape index (κ1) is 26.2. The quantitative estimate of drug-likeness (QED) is 0.391. The Labute approximate surface area is 202 Å². The molecule has 0 aromatic heterocycles. The third-order valence-corrected chi connectivity index (χ3v) is 12.3. The molecule has 31 heavy (non-hydrogen) atoms. The Morgan fingerprint density at radius 3 is 0.806 bits per heavy atom. The Bertz CT molecular complexity index is 809. The van der Waals surface area contributed by atoms with Crippen molar-refractivity contribution >= 4 is 6.14 Å². The van der Waals surface area contributed by atoms with Gasteiger partial charge in [-0.25, -0.2) is 0 Å². The average molecular weight is 611 g/mol. The van der Waals surface area contributed by atoms with Gasteiger partial charge in [0.05, 0.1) is 0 Å². The molecule has 168 valence electrons. The predicted molar refractivity (Wildman–Crippen MR) is 130 cm³/mol. The molecule has 0 aliphatic carbocycles. The molecule has 0 saturated carbocycles. The monoisotopic (exact) mass is 612 g/mol. The zero-order valence-corrected chi connectivity index (χ0v) is 27.4. The summed E-state index contributed by atoms with van der Waals surface area (Å²) in [6.07, 6.45) is 0. The third-order valence-electron chi connectivity index (χ3n) is 5.98. The van der Waals surface area contributed by atoms with Crippen LogP contribution in [-0.2, 0) is 46.2 Å². The van der Waals surface area contributed by atoms with Crippen LogP contribution in [0.5, 0.6) is 11.5 Å². The number of rotatable bonds is 2. The molecule has 3 heteroatoms. The van der Waals surface area contributed by atoms with E-state index in [0.29, 0.717) is 11.5 Å². The first-order valence-electron chi connectivity index (χ1n) is 11.5. The van der Waals surface area contributed by atoms with Crippen LogP contribution in [0.1, 0.15) is 105 Å². The van der Waals surface area contributed by atoms with Gasteiger partial charge < -0.3 is 0 Å². The van der Waals surface area contributed by atoms with Gasteiger partial charge in [0.15, 0.2) is 0 Å². The Kier molecular flexibility index (Phi) is 7.10. The van der Waals surface area contributed by atoms with E-state index < -0.39 is 24.6 Å². The molecule has 0 heterocycles. The van der Waals surface area contributed by atoms with E-state index in [1.54, 1.807) is 0 Å². The van der Waals surface area contributed by atoms with Crippen LogP contribution in [0, 0.1) is 0 Å². The van der Waals surface area contributed by atoms with E-state index >= 15 is 0 Å². The van der Waals surface area contributed by atoms with E-state index in [4.69, 9.17) is 0 Å². The number of benzene rings is 2. The van der Waals surface area contributed by atoms with Gasteiger partial charge in [0.1, 0.15) is 0 Å². The molecule has 2 rings (SSSR count). The van der Waals surface area contributed by atoms with Gasteiger partial charge in [0.2, 0.25) is 0 Å². The third kappa shape index (κ3) is 6.06. The summed E-state index contributed by atoms with van der Waals surface area (Å²) in [4.78, 5) is 0. The normalized spacial score (nSPS) is 13.3. The van der Waals surface area contributed by atoms with Crippen LogP contribution >= 0.6 is 0 Å². The number of aromatic hydroxyl groups is 2. The molecule has 2 N–H and O–H groups in total. The van der Waals surface area contributed by atoms with Gasteiger partial charge >= 0.3 is 204 Å². The van der Waals surface area contributed by atoms with E-state index in [2.05, 4.69) is 107 Å².